The van der Waals surface area contributed by atoms with Crippen LogP contribution in [0.25, 0.3) is 5.69 Å². The maximum atomic E-state index is 12.7. The van der Waals surface area contributed by atoms with Gasteiger partial charge in [-0.2, -0.15) is 0 Å². The molecule has 2 aromatic heterocycles. The molecule has 7 heteroatoms. The van der Waals surface area contributed by atoms with E-state index in [4.69, 9.17) is 21.1 Å². The van der Waals surface area contributed by atoms with E-state index in [1.54, 1.807) is 19.4 Å². The van der Waals surface area contributed by atoms with Crippen LogP contribution < -0.4 is 10.1 Å². The van der Waals surface area contributed by atoms with E-state index in [0.29, 0.717) is 36.2 Å². The van der Waals surface area contributed by atoms with Crippen molar-refractivity contribution < 1.29 is 14.3 Å². The number of nitrogens with zero attached hydrogens (tertiary/aromatic N) is 2. The number of rotatable bonds is 8. The van der Waals surface area contributed by atoms with Crippen LogP contribution in [0.3, 0.4) is 0 Å². The van der Waals surface area contributed by atoms with E-state index < -0.39 is 0 Å². The topological polar surface area (TPSA) is 65.4 Å². The van der Waals surface area contributed by atoms with E-state index in [9.17, 15) is 4.79 Å². The lowest BCUT2D eigenvalue weighted by Gasteiger charge is -2.11. The molecule has 152 valence electrons. The Morgan fingerprint density at radius 2 is 2.00 bits per heavy atom. The zero-order valence-electron chi connectivity index (χ0n) is 16.7. The Bertz CT molecular complexity index is 983. The smallest absolute Gasteiger partial charge is 0.253 e. The zero-order valence-corrected chi connectivity index (χ0v) is 17.5. The molecule has 3 rings (SSSR count). The van der Waals surface area contributed by atoms with Gasteiger partial charge in [0.1, 0.15) is 6.61 Å². The van der Waals surface area contributed by atoms with Crippen LogP contribution in [-0.2, 0) is 11.3 Å². The van der Waals surface area contributed by atoms with Gasteiger partial charge in [0.25, 0.3) is 5.91 Å². The van der Waals surface area contributed by atoms with E-state index in [1.807, 2.05) is 54.8 Å². The van der Waals surface area contributed by atoms with Gasteiger partial charge in [-0.1, -0.05) is 23.7 Å². The van der Waals surface area contributed by atoms with Crippen molar-refractivity contribution in [3.05, 3.63) is 76.2 Å². The fourth-order valence-corrected chi connectivity index (χ4v) is 3.30. The third-order valence-electron chi connectivity index (χ3n) is 4.53. The maximum Gasteiger partial charge on any atom is 0.253 e. The van der Waals surface area contributed by atoms with Gasteiger partial charge in [0.15, 0.2) is 0 Å². The Balaban J connectivity index is 1.66. The maximum absolute atomic E-state index is 12.7. The Kier molecular flexibility index (Phi) is 6.90. The highest BCUT2D eigenvalue weighted by molar-refractivity contribution is 6.30. The molecule has 0 atom stereocenters. The summed E-state index contributed by atoms with van der Waals surface area (Å²) < 4.78 is 12.4. The molecule has 0 fully saturated rings. The van der Waals surface area contributed by atoms with Gasteiger partial charge in [-0.05, 0) is 43.7 Å². The predicted octanol–water partition coefficient (Wildman–Crippen LogP) is 4.10. The third kappa shape index (κ3) is 5.16. The summed E-state index contributed by atoms with van der Waals surface area (Å²) in [6, 6.07) is 13.1. The van der Waals surface area contributed by atoms with Gasteiger partial charge in [-0.25, -0.2) is 4.98 Å². The van der Waals surface area contributed by atoms with Crippen molar-refractivity contribution in [2.24, 2.45) is 0 Å². The molecule has 1 amide bonds. The highest BCUT2D eigenvalue weighted by atomic mass is 35.5. The van der Waals surface area contributed by atoms with Crippen molar-refractivity contribution in [3.8, 4) is 11.6 Å². The molecule has 0 spiro atoms. The number of hydrogen-bond acceptors (Lipinski definition) is 4. The quantitative estimate of drug-likeness (QED) is 0.565. The Hall–Kier alpha value is -2.83. The average molecular weight is 414 g/mol. The number of aryl methyl sites for hydroxylation is 1. The van der Waals surface area contributed by atoms with Crippen LogP contribution in [0.5, 0.6) is 5.88 Å². The van der Waals surface area contributed by atoms with E-state index in [-0.39, 0.29) is 5.91 Å². The van der Waals surface area contributed by atoms with Crippen LogP contribution in [0.2, 0.25) is 5.02 Å². The molecule has 0 aliphatic rings. The van der Waals surface area contributed by atoms with E-state index in [1.165, 1.54) is 0 Å². The molecule has 0 radical (unpaired) electrons. The first-order chi connectivity index (χ1) is 14.0. The Morgan fingerprint density at radius 3 is 2.69 bits per heavy atom. The number of carbonyl (C=O) groups is 1. The fraction of sp³-hybridized carbons (Fsp3) is 0.273. The summed E-state index contributed by atoms with van der Waals surface area (Å²) >= 11 is 6.12. The molecule has 0 unspecified atom stereocenters. The van der Waals surface area contributed by atoms with Crippen molar-refractivity contribution in [1.29, 1.82) is 0 Å². The minimum Gasteiger partial charge on any atom is -0.475 e. The normalized spacial score (nSPS) is 10.8. The van der Waals surface area contributed by atoms with E-state index >= 15 is 0 Å². The van der Waals surface area contributed by atoms with E-state index in [2.05, 4.69) is 10.3 Å². The molecule has 0 aliphatic heterocycles. The Morgan fingerprint density at radius 1 is 1.17 bits per heavy atom. The van der Waals surface area contributed by atoms with Crippen molar-refractivity contribution in [2.45, 2.75) is 20.4 Å². The minimum atomic E-state index is -0.133. The molecule has 0 saturated carbocycles. The molecular formula is C22H24ClN3O3. The second-order valence-corrected chi connectivity index (χ2v) is 7.07. The zero-order chi connectivity index (χ0) is 20.8. The molecule has 6 nitrogen and oxygen atoms in total. The summed E-state index contributed by atoms with van der Waals surface area (Å²) in [6.45, 7) is 5.23. The second kappa shape index (κ2) is 9.58. The number of aromatic nitrogens is 2. The summed E-state index contributed by atoms with van der Waals surface area (Å²) in [5.41, 5.74) is 4.28. The van der Waals surface area contributed by atoms with Crippen molar-refractivity contribution in [1.82, 2.24) is 14.9 Å². The van der Waals surface area contributed by atoms with E-state index in [0.717, 1.165) is 22.6 Å². The van der Waals surface area contributed by atoms with Crippen LogP contribution in [0.15, 0.2) is 48.7 Å². The van der Waals surface area contributed by atoms with Crippen molar-refractivity contribution in [3.63, 3.8) is 0 Å². The minimum absolute atomic E-state index is 0.133. The number of pyridine rings is 1. The molecule has 29 heavy (non-hydrogen) atoms. The Labute approximate surface area is 175 Å². The fourth-order valence-electron chi connectivity index (χ4n) is 3.11. The number of halogens is 1. The summed E-state index contributed by atoms with van der Waals surface area (Å²) in [7, 11) is 1.62. The second-order valence-electron chi connectivity index (χ2n) is 6.63. The molecule has 0 bridgehead atoms. The number of benzene rings is 1. The molecule has 2 heterocycles. The number of nitrogens with one attached hydrogen (secondary N) is 1. The van der Waals surface area contributed by atoms with Crippen LogP contribution in [0.4, 0.5) is 0 Å². The van der Waals surface area contributed by atoms with Gasteiger partial charge in [0.2, 0.25) is 5.88 Å². The van der Waals surface area contributed by atoms with Gasteiger partial charge >= 0.3 is 0 Å². The van der Waals surface area contributed by atoms with Crippen LogP contribution >= 0.6 is 11.6 Å². The molecule has 1 aromatic carbocycles. The number of hydrogen-bond donors (Lipinski definition) is 1. The summed E-state index contributed by atoms with van der Waals surface area (Å²) in [6.07, 6.45) is 1.69. The van der Waals surface area contributed by atoms with Gasteiger partial charge in [0, 0.05) is 48.0 Å². The van der Waals surface area contributed by atoms with Gasteiger partial charge in [0.05, 0.1) is 12.2 Å². The van der Waals surface area contributed by atoms with Crippen LogP contribution in [0, 0.1) is 13.8 Å². The predicted molar refractivity (Wildman–Crippen MR) is 113 cm³/mol. The lowest BCUT2D eigenvalue weighted by Crippen LogP contribution is -2.23. The van der Waals surface area contributed by atoms with Crippen molar-refractivity contribution in [2.75, 3.05) is 20.3 Å². The molecular weight excluding hydrogens is 390 g/mol. The third-order valence-corrected chi connectivity index (χ3v) is 4.77. The van der Waals surface area contributed by atoms with Gasteiger partial charge in [-0.15, -0.1) is 0 Å². The SMILES string of the molecule is COCCOc1ccc(CNC(=O)c2cc(C)n(-c3cccc(Cl)c3)c2C)cn1. The first-order valence-electron chi connectivity index (χ1n) is 9.29. The van der Waals surface area contributed by atoms with Gasteiger partial charge in [-0.3, -0.25) is 4.79 Å². The summed E-state index contributed by atoms with van der Waals surface area (Å²) in [4.78, 5) is 17.0. The monoisotopic (exact) mass is 413 g/mol. The molecule has 1 N–H and O–H groups in total. The number of carbonyl (C=O) groups excluding carboxylic acids is 1. The summed E-state index contributed by atoms with van der Waals surface area (Å²) in [5, 5.41) is 3.61. The number of ether oxygens (including phenoxy) is 2. The highest BCUT2D eigenvalue weighted by Crippen LogP contribution is 2.23. The largest absolute Gasteiger partial charge is 0.475 e. The van der Waals surface area contributed by atoms with Crippen molar-refractivity contribution >= 4 is 17.5 Å². The van der Waals surface area contributed by atoms with Crippen LogP contribution in [-0.4, -0.2) is 35.8 Å². The summed E-state index contributed by atoms with van der Waals surface area (Å²) in [5.74, 6) is 0.397. The average Bonchev–Trinajstić information content (AvgIpc) is 3.01. The molecule has 3 aromatic rings. The number of methoxy groups -OCH3 is 1. The number of amides is 1. The lowest BCUT2D eigenvalue weighted by molar-refractivity contribution is 0.0950. The lowest BCUT2D eigenvalue weighted by atomic mass is 10.2. The highest BCUT2D eigenvalue weighted by Gasteiger charge is 2.16. The standard InChI is InChI=1S/C22H24ClN3O3/c1-15-11-20(16(2)26(15)19-6-4-5-18(23)12-19)22(27)25-14-17-7-8-21(24-13-17)29-10-9-28-3/h4-8,11-13H,9-10,14H2,1-3H3,(H,25,27). The first kappa shape index (κ1) is 20.9. The first-order valence-corrected chi connectivity index (χ1v) is 9.67. The van der Waals surface area contributed by atoms with Crippen LogP contribution in [0.1, 0.15) is 27.3 Å². The van der Waals surface area contributed by atoms with Gasteiger partial charge < -0.3 is 19.4 Å². The molecule has 0 aliphatic carbocycles. The molecule has 0 saturated heterocycles.